The fraction of sp³-hybridized carbons (Fsp3) is 0.133. The summed E-state index contributed by atoms with van der Waals surface area (Å²) in [6, 6.07) is 23.7. The Morgan fingerprint density at radius 3 is 2.05 bits per heavy atom. The van der Waals surface area contributed by atoms with Crippen LogP contribution >= 0.6 is 0 Å². The van der Waals surface area contributed by atoms with Gasteiger partial charge in [-0.3, -0.25) is 0 Å². The van der Waals surface area contributed by atoms with Gasteiger partial charge in [-0.05, 0) is 33.9 Å². The predicted octanol–water partition coefficient (Wildman–Crippen LogP) is 6.29. The van der Waals surface area contributed by atoms with Crippen molar-refractivity contribution in [2.45, 2.75) is 18.4 Å². The van der Waals surface area contributed by atoms with E-state index in [1.807, 2.05) is 48.5 Å². The summed E-state index contributed by atoms with van der Waals surface area (Å²) in [7, 11) is 0. The number of amides is 1. The lowest BCUT2D eigenvalue weighted by molar-refractivity contribution is -0.139. The number of rotatable bonds is 8. The van der Waals surface area contributed by atoms with E-state index >= 15 is 0 Å². The number of hydrogen-bond acceptors (Lipinski definition) is 4. The molecule has 4 aromatic rings. The molecular formula is C30H23F2NO5. The van der Waals surface area contributed by atoms with E-state index in [0.29, 0.717) is 5.56 Å². The van der Waals surface area contributed by atoms with Gasteiger partial charge in [-0.2, -0.15) is 0 Å². The smallest absolute Gasteiger partial charge is 0.407 e. The van der Waals surface area contributed by atoms with Crippen LogP contribution in [0.25, 0.3) is 11.1 Å². The number of para-hydroxylation sites is 1. The summed E-state index contributed by atoms with van der Waals surface area (Å²) in [5.74, 6) is -2.93. The Morgan fingerprint density at radius 1 is 0.842 bits per heavy atom. The molecule has 0 radical (unpaired) electrons. The monoisotopic (exact) mass is 515 g/mol. The van der Waals surface area contributed by atoms with E-state index in [0.717, 1.165) is 40.5 Å². The molecule has 1 aliphatic carbocycles. The van der Waals surface area contributed by atoms with Gasteiger partial charge in [0.2, 0.25) is 0 Å². The highest BCUT2D eigenvalue weighted by molar-refractivity contribution is 5.81. The molecule has 0 aromatic heterocycles. The fourth-order valence-electron chi connectivity index (χ4n) is 4.69. The molecule has 0 spiro atoms. The molecule has 0 bridgehead atoms. The van der Waals surface area contributed by atoms with Crippen LogP contribution in [0.1, 0.15) is 22.6 Å². The summed E-state index contributed by atoms with van der Waals surface area (Å²) >= 11 is 0. The lowest BCUT2D eigenvalue weighted by Crippen LogP contribution is -2.43. The number of halogens is 2. The van der Waals surface area contributed by atoms with E-state index in [4.69, 9.17) is 9.47 Å². The van der Waals surface area contributed by atoms with Gasteiger partial charge < -0.3 is 19.9 Å². The molecule has 5 rings (SSSR count). The molecule has 0 heterocycles. The molecule has 0 fully saturated rings. The van der Waals surface area contributed by atoms with Crippen LogP contribution in [0.4, 0.5) is 13.6 Å². The number of carbonyl (C=O) groups is 2. The summed E-state index contributed by atoms with van der Waals surface area (Å²) in [4.78, 5) is 24.6. The molecule has 1 aliphatic rings. The topological polar surface area (TPSA) is 84.9 Å². The van der Waals surface area contributed by atoms with Crippen LogP contribution in [0.5, 0.6) is 11.5 Å². The van der Waals surface area contributed by atoms with Gasteiger partial charge in [0.05, 0.1) is 0 Å². The van der Waals surface area contributed by atoms with Crippen molar-refractivity contribution in [2.24, 2.45) is 0 Å². The number of fused-ring (bicyclic) bond motifs is 3. The number of ether oxygens (including phenoxy) is 2. The Morgan fingerprint density at radius 2 is 1.42 bits per heavy atom. The van der Waals surface area contributed by atoms with Gasteiger partial charge in [0.25, 0.3) is 0 Å². The number of benzene rings is 4. The molecular weight excluding hydrogens is 492 g/mol. The van der Waals surface area contributed by atoms with Gasteiger partial charge in [-0.15, -0.1) is 0 Å². The van der Waals surface area contributed by atoms with E-state index < -0.39 is 29.7 Å². The Kier molecular flexibility index (Phi) is 7.04. The van der Waals surface area contributed by atoms with Crippen LogP contribution < -0.4 is 10.1 Å². The molecule has 1 amide bonds. The third-order valence-electron chi connectivity index (χ3n) is 6.39. The van der Waals surface area contributed by atoms with Crippen molar-refractivity contribution in [3.05, 3.63) is 119 Å². The van der Waals surface area contributed by atoms with Crippen molar-refractivity contribution in [1.82, 2.24) is 5.32 Å². The zero-order chi connectivity index (χ0) is 26.6. The van der Waals surface area contributed by atoms with Crippen molar-refractivity contribution < 1.29 is 33.0 Å². The standard InChI is InChI=1S/C30H23F2NO5/c31-19-14-20(32)16-21(15-19)38-28-12-6-1-7-18(28)13-27(29(34)35)33-30(36)37-17-26-24-10-4-2-8-22(24)23-9-3-5-11-25(23)26/h1-12,14-16,26-27H,13,17H2,(H,33,36)(H,34,35). The number of carboxylic acid groups (broad SMARTS) is 1. The molecule has 2 N–H and O–H groups in total. The van der Waals surface area contributed by atoms with Crippen LogP contribution in [0.15, 0.2) is 91.0 Å². The minimum atomic E-state index is -1.33. The van der Waals surface area contributed by atoms with Gasteiger partial charge in [-0.1, -0.05) is 66.7 Å². The quantitative estimate of drug-likeness (QED) is 0.288. The van der Waals surface area contributed by atoms with Crippen LogP contribution in [-0.2, 0) is 16.0 Å². The normalized spacial score (nSPS) is 12.8. The average Bonchev–Trinajstić information content (AvgIpc) is 3.21. The first-order valence-electron chi connectivity index (χ1n) is 11.9. The lowest BCUT2D eigenvalue weighted by atomic mass is 9.98. The highest BCUT2D eigenvalue weighted by Crippen LogP contribution is 2.44. The molecule has 38 heavy (non-hydrogen) atoms. The van der Waals surface area contributed by atoms with Crippen molar-refractivity contribution in [1.29, 1.82) is 0 Å². The third-order valence-corrected chi connectivity index (χ3v) is 6.39. The molecule has 6 nitrogen and oxygen atoms in total. The minimum absolute atomic E-state index is 0.0387. The number of carbonyl (C=O) groups excluding carboxylic acids is 1. The highest BCUT2D eigenvalue weighted by atomic mass is 19.1. The predicted molar refractivity (Wildman–Crippen MR) is 136 cm³/mol. The molecule has 8 heteroatoms. The van der Waals surface area contributed by atoms with Crippen molar-refractivity contribution in [3.8, 4) is 22.6 Å². The van der Waals surface area contributed by atoms with E-state index in [1.165, 1.54) is 0 Å². The van der Waals surface area contributed by atoms with E-state index in [-0.39, 0.29) is 30.4 Å². The second kappa shape index (κ2) is 10.7. The number of alkyl carbamates (subject to hydrolysis) is 1. The first-order chi connectivity index (χ1) is 18.4. The van der Waals surface area contributed by atoms with Crippen LogP contribution in [0.2, 0.25) is 0 Å². The summed E-state index contributed by atoms with van der Waals surface area (Å²) in [5, 5.41) is 12.2. The van der Waals surface area contributed by atoms with Gasteiger partial charge in [0, 0.05) is 30.5 Å². The van der Waals surface area contributed by atoms with Crippen molar-refractivity contribution in [2.75, 3.05) is 6.61 Å². The Bertz CT molecular complexity index is 1440. The summed E-state index contributed by atoms with van der Waals surface area (Å²) in [6.45, 7) is 0.0387. The number of nitrogens with one attached hydrogen (secondary N) is 1. The van der Waals surface area contributed by atoms with E-state index in [9.17, 15) is 23.5 Å². The second-order valence-corrected chi connectivity index (χ2v) is 8.88. The first kappa shape index (κ1) is 25.0. The molecule has 192 valence electrons. The van der Waals surface area contributed by atoms with E-state index in [2.05, 4.69) is 5.32 Å². The first-order valence-corrected chi connectivity index (χ1v) is 11.9. The van der Waals surface area contributed by atoms with E-state index in [1.54, 1.807) is 24.3 Å². The average molecular weight is 516 g/mol. The van der Waals surface area contributed by atoms with Crippen LogP contribution in [-0.4, -0.2) is 29.8 Å². The molecule has 4 aromatic carbocycles. The second-order valence-electron chi connectivity index (χ2n) is 8.88. The van der Waals surface area contributed by atoms with Crippen molar-refractivity contribution in [3.63, 3.8) is 0 Å². The zero-order valence-electron chi connectivity index (χ0n) is 20.1. The summed E-state index contributed by atoms with van der Waals surface area (Å²) in [5.41, 5.74) is 4.65. The maximum Gasteiger partial charge on any atom is 0.407 e. The zero-order valence-corrected chi connectivity index (χ0v) is 20.1. The van der Waals surface area contributed by atoms with Gasteiger partial charge in [0.15, 0.2) is 0 Å². The molecule has 1 atom stereocenters. The third kappa shape index (κ3) is 5.34. The maximum atomic E-state index is 13.6. The molecule has 0 aliphatic heterocycles. The highest BCUT2D eigenvalue weighted by Gasteiger charge is 2.30. The fourth-order valence-corrected chi connectivity index (χ4v) is 4.69. The van der Waals surface area contributed by atoms with Crippen LogP contribution in [0, 0.1) is 11.6 Å². The lowest BCUT2D eigenvalue weighted by Gasteiger charge is -2.19. The molecule has 0 saturated heterocycles. The van der Waals surface area contributed by atoms with Crippen LogP contribution in [0.3, 0.4) is 0 Å². The minimum Gasteiger partial charge on any atom is -0.480 e. The maximum absolute atomic E-state index is 13.6. The summed E-state index contributed by atoms with van der Waals surface area (Å²) in [6.07, 6.45) is -1.02. The summed E-state index contributed by atoms with van der Waals surface area (Å²) < 4.78 is 38.3. The molecule has 1 unspecified atom stereocenters. The Labute approximate surface area is 217 Å². The number of carboxylic acids is 1. The number of hydrogen-bond donors (Lipinski definition) is 2. The largest absolute Gasteiger partial charge is 0.480 e. The number of aliphatic carboxylic acids is 1. The SMILES string of the molecule is O=C(NC(Cc1ccccc1Oc1cc(F)cc(F)c1)C(=O)O)OCC1c2ccccc2-c2ccccc21. The van der Waals surface area contributed by atoms with Gasteiger partial charge in [-0.25, -0.2) is 18.4 Å². The Balaban J connectivity index is 1.27. The van der Waals surface area contributed by atoms with Gasteiger partial charge >= 0.3 is 12.1 Å². The molecule has 0 saturated carbocycles. The van der Waals surface area contributed by atoms with Gasteiger partial charge in [0.1, 0.15) is 35.8 Å². The van der Waals surface area contributed by atoms with Crippen molar-refractivity contribution >= 4 is 12.1 Å². The Hall–Kier alpha value is -4.72.